The van der Waals surface area contributed by atoms with E-state index in [1.807, 2.05) is 0 Å². The quantitative estimate of drug-likeness (QED) is 0.251. The topological polar surface area (TPSA) is 114 Å². The van der Waals surface area contributed by atoms with Crippen LogP contribution in [0.5, 0.6) is 11.5 Å². The van der Waals surface area contributed by atoms with Crippen molar-refractivity contribution in [2.75, 3.05) is 23.9 Å². The lowest BCUT2D eigenvalue weighted by Crippen LogP contribution is -2.54. The Bertz CT molecular complexity index is 1520. The molecule has 4 rings (SSSR count). The Morgan fingerprint density at radius 2 is 1.67 bits per heavy atom. The van der Waals surface area contributed by atoms with Crippen LogP contribution in [0.3, 0.4) is 0 Å². The standard InChI is InChI=1S/C26H17Cl4N3O6/c1-38-21-10-13(8-17-24(35)32-26(37)33(25(17)36)16-5-2-14(27)3-6-16)9-20(30)23(21)39-12-22(34)31-15-4-7-18(28)19(29)11-15/h2-11H,12H2,1H3,(H,31,34)(H,32,35,37)/b17-8-. The average molecular weight is 609 g/mol. The number of halogens is 4. The normalized spacial score (nSPS) is 14.3. The van der Waals surface area contributed by atoms with Crippen molar-refractivity contribution < 1.29 is 28.7 Å². The summed E-state index contributed by atoms with van der Waals surface area (Å²) in [6.45, 7) is -0.421. The van der Waals surface area contributed by atoms with Gasteiger partial charge in [-0.15, -0.1) is 0 Å². The fraction of sp³-hybridized carbons (Fsp3) is 0.0769. The van der Waals surface area contributed by atoms with Gasteiger partial charge in [-0.1, -0.05) is 46.4 Å². The molecular weight excluding hydrogens is 592 g/mol. The SMILES string of the molecule is COc1cc(/C=C2/C(=O)NC(=O)N(c3ccc(Cl)cc3)C2=O)cc(Cl)c1OCC(=O)Nc1ccc(Cl)c(Cl)c1. The highest BCUT2D eigenvalue weighted by Crippen LogP contribution is 2.37. The molecule has 1 fully saturated rings. The number of rotatable bonds is 7. The summed E-state index contributed by atoms with van der Waals surface area (Å²) < 4.78 is 10.9. The number of hydrogen-bond donors (Lipinski definition) is 2. The van der Waals surface area contributed by atoms with Crippen molar-refractivity contribution >= 4 is 87.6 Å². The van der Waals surface area contributed by atoms with Gasteiger partial charge in [-0.05, 0) is 66.2 Å². The molecule has 1 saturated heterocycles. The first-order valence-electron chi connectivity index (χ1n) is 11.0. The monoisotopic (exact) mass is 607 g/mol. The van der Waals surface area contributed by atoms with Gasteiger partial charge in [0.2, 0.25) is 0 Å². The summed E-state index contributed by atoms with van der Waals surface area (Å²) in [5, 5.41) is 5.81. The number of methoxy groups -OCH3 is 1. The molecule has 200 valence electrons. The van der Waals surface area contributed by atoms with E-state index in [1.54, 1.807) is 6.07 Å². The van der Waals surface area contributed by atoms with E-state index in [9.17, 15) is 19.2 Å². The maximum atomic E-state index is 13.1. The van der Waals surface area contributed by atoms with Crippen molar-refractivity contribution in [3.63, 3.8) is 0 Å². The van der Waals surface area contributed by atoms with Crippen LogP contribution in [0.15, 0.2) is 60.2 Å². The number of nitrogens with zero attached hydrogens (tertiary/aromatic N) is 1. The van der Waals surface area contributed by atoms with Crippen LogP contribution in [0, 0.1) is 0 Å². The summed E-state index contributed by atoms with van der Waals surface area (Å²) >= 11 is 24.1. The average Bonchev–Trinajstić information content (AvgIpc) is 2.88. The Hall–Kier alpha value is -3.76. The molecule has 0 aliphatic carbocycles. The van der Waals surface area contributed by atoms with Crippen LogP contribution in [-0.4, -0.2) is 37.5 Å². The first kappa shape index (κ1) is 28.3. The molecule has 0 saturated carbocycles. The molecule has 0 aromatic heterocycles. The highest BCUT2D eigenvalue weighted by atomic mass is 35.5. The zero-order chi connectivity index (χ0) is 28.3. The predicted octanol–water partition coefficient (Wildman–Crippen LogP) is 5.99. The Morgan fingerprint density at radius 3 is 2.33 bits per heavy atom. The van der Waals surface area contributed by atoms with E-state index in [0.717, 1.165) is 4.90 Å². The second-order valence-electron chi connectivity index (χ2n) is 7.93. The number of nitrogens with one attached hydrogen (secondary N) is 2. The number of ether oxygens (including phenoxy) is 2. The van der Waals surface area contributed by atoms with Crippen molar-refractivity contribution in [2.24, 2.45) is 0 Å². The van der Waals surface area contributed by atoms with Gasteiger partial charge in [0.05, 0.1) is 27.9 Å². The molecule has 1 aliphatic rings. The second kappa shape index (κ2) is 12.0. The van der Waals surface area contributed by atoms with Crippen molar-refractivity contribution in [2.45, 2.75) is 0 Å². The molecule has 0 unspecified atom stereocenters. The molecule has 39 heavy (non-hydrogen) atoms. The van der Waals surface area contributed by atoms with E-state index in [2.05, 4.69) is 10.6 Å². The van der Waals surface area contributed by atoms with E-state index < -0.39 is 30.4 Å². The first-order chi connectivity index (χ1) is 18.6. The van der Waals surface area contributed by atoms with Gasteiger partial charge in [0, 0.05) is 10.7 Å². The third kappa shape index (κ3) is 6.46. The smallest absolute Gasteiger partial charge is 0.335 e. The van der Waals surface area contributed by atoms with Gasteiger partial charge < -0.3 is 14.8 Å². The van der Waals surface area contributed by atoms with Gasteiger partial charge in [-0.2, -0.15) is 0 Å². The minimum Gasteiger partial charge on any atom is -0.493 e. The molecule has 0 spiro atoms. The highest BCUT2D eigenvalue weighted by Gasteiger charge is 2.36. The van der Waals surface area contributed by atoms with E-state index in [1.165, 1.54) is 61.7 Å². The Morgan fingerprint density at radius 1 is 0.949 bits per heavy atom. The Labute approximate surface area is 242 Å². The first-order valence-corrected chi connectivity index (χ1v) is 12.5. The van der Waals surface area contributed by atoms with Gasteiger partial charge in [0.1, 0.15) is 5.57 Å². The second-order valence-corrected chi connectivity index (χ2v) is 9.59. The van der Waals surface area contributed by atoms with E-state index >= 15 is 0 Å². The third-order valence-corrected chi connectivity index (χ3v) is 6.57. The van der Waals surface area contributed by atoms with Crippen LogP contribution in [0.4, 0.5) is 16.2 Å². The minimum absolute atomic E-state index is 0.0397. The van der Waals surface area contributed by atoms with Crippen LogP contribution in [0.2, 0.25) is 20.1 Å². The molecule has 13 heteroatoms. The molecule has 0 bridgehead atoms. The number of urea groups is 1. The van der Waals surface area contributed by atoms with Crippen LogP contribution < -0.4 is 25.0 Å². The fourth-order valence-electron chi connectivity index (χ4n) is 3.52. The maximum absolute atomic E-state index is 13.1. The predicted molar refractivity (Wildman–Crippen MR) is 149 cm³/mol. The van der Waals surface area contributed by atoms with Gasteiger partial charge in [-0.3, -0.25) is 19.7 Å². The molecule has 1 aliphatic heterocycles. The lowest BCUT2D eigenvalue weighted by molar-refractivity contribution is -0.122. The Kier molecular flexibility index (Phi) is 8.66. The van der Waals surface area contributed by atoms with Crippen LogP contribution in [-0.2, 0) is 14.4 Å². The van der Waals surface area contributed by atoms with Gasteiger partial charge in [-0.25, -0.2) is 9.69 Å². The van der Waals surface area contributed by atoms with Gasteiger partial charge in [0.15, 0.2) is 18.1 Å². The number of benzene rings is 3. The zero-order valence-corrected chi connectivity index (χ0v) is 22.9. The zero-order valence-electron chi connectivity index (χ0n) is 19.9. The van der Waals surface area contributed by atoms with Gasteiger partial charge in [0.25, 0.3) is 17.7 Å². The largest absolute Gasteiger partial charge is 0.493 e. The van der Waals surface area contributed by atoms with E-state index in [0.29, 0.717) is 21.3 Å². The van der Waals surface area contributed by atoms with Crippen molar-refractivity contribution in [1.82, 2.24) is 5.32 Å². The molecule has 0 radical (unpaired) electrons. The van der Waals surface area contributed by atoms with Crippen molar-refractivity contribution in [3.8, 4) is 11.5 Å². The number of hydrogen-bond acceptors (Lipinski definition) is 6. The molecule has 9 nitrogen and oxygen atoms in total. The number of carbonyl (C=O) groups excluding carboxylic acids is 4. The number of anilines is 2. The molecule has 5 amide bonds. The lowest BCUT2D eigenvalue weighted by Gasteiger charge is -2.26. The van der Waals surface area contributed by atoms with Crippen molar-refractivity contribution in [3.05, 3.63) is 85.8 Å². The lowest BCUT2D eigenvalue weighted by atomic mass is 10.1. The third-order valence-electron chi connectivity index (χ3n) is 5.30. The highest BCUT2D eigenvalue weighted by molar-refractivity contribution is 6.42. The van der Waals surface area contributed by atoms with E-state index in [4.69, 9.17) is 55.9 Å². The summed E-state index contributed by atoms with van der Waals surface area (Å²) in [6, 6.07) is 12.5. The fourth-order valence-corrected chi connectivity index (χ4v) is 4.22. The van der Waals surface area contributed by atoms with Crippen LogP contribution >= 0.6 is 46.4 Å². The van der Waals surface area contributed by atoms with Crippen LogP contribution in [0.1, 0.15) is 5.56 Å². The Balaban J connectivity index is 1.54. The van der Waals surface area contributed by atoms with Crippen LogP contribution in [0.25, 0.3) is 6.08 Å². The van der Waals surface area contributed by atoms with E-state index in [-0.39, 0.29) is 32.8 Å². The number of barbiturate groups is 1. The maximum Gasteiger partial charge on any atom is 0.335 e. The molecule has 2 N–H and O–H groups in total. The molecule has 3 aromatic carbocycles. The number of imide groups is 2. The van der Waals surface area contributed by atoms with Gasteiger partial charge >= 0.3 is 6.03 Å². The molecular formula is C26H17Cl4N3O6. The summed E-state index contributed by atoms with van der Waals surface area (Å²) in [6.07, 6.45) is 1.25. The molecule has 1 heterocycles. The molecule has 0 atom stereocenters. The van der Waals surface area contributed by atoms with Crippen molar-refractivity contribution in [1.29, 1.82) is 0 Å². The summed E-state index contributed by atoms with van der Waals surface area (Å²) in [4.78, 5) is 51.2. The summed E-state index contributed by atoms with van der Waals surface area (Å²) in [5.74, 6) is -2.05. The summed E-state index contributed by atoms with van der Waals surface area (Å²) in [5.41, 5.74) is 0.615. The number of carbonyl (C=O) groups is 4. The number of amides is 5. The summed E-state index contributed by atoms with van der Waals surface area (Å²) in [7, 11) is 1.35. The minimum atomic E-state index is -0.900. The molecule has 3 aromatic rings.